The smallest absolute Gasteiger partial charge is 0.323 e. The zero-order chi connectivity index (χ0) is 14.4. The fourth-order valence-corrected chi connectivity index (χ4v) is 2.31. The lowest BCUT2D eigenvalue weighted by molar-refractivity contribution is -0.170. The van der Waals surface area contributed by atoms with Crippen molar-refractivity contribution in [3.63, 3.8) is 0 Å². The van der Waals surface area contributed by atoms with Crippen LogP contribution in [0.4, 0.5) is 23.2 Å². The van der Waals surface area contributed by atoms with Crippen LogP contribution < -0.4 is 10.6 Å². The molecule has 0 aliphatic carbocycles. The molecule has 0 bridgehead atoms. The van der Waals surface area contributed by atoms with Crippen LogP contribution in [0.2, 0.25) is 0 Å². The molecule has 1 aromatic rings. The van der Waals surface area contributed by atoms with Gasteiger partial charge in [0.1, 0.15) is 5.82 Å². The van der Waals surface area contributed by atoms with Gasteiger partial charge in [-0.3, -0.25) is 4.79 Å². The number of anilines is 1. The molecule has 0 saturated heterocycles. The number of rotatable bonds is 0. The standard InChI is InChI=1S/C11H10F4N2OS/c12-5-1-2-7-6(3-5)9(16)8(19)4-17(7)10(18)11(13,14)15/h1-3,8-9,19H,4,16H2. The molecule has 2 atom stereocenters. The molecule has 104 valence electrons. The predicted molar refractivity (Wildman–Crippen MR) is 64.5 cm³/mol. The van der Waals surface area contributed by atoms with E-state index in [1.165, 1.54) is 0 Å². The van der Waals surface area contributed by atoms with E-state index in [0.717, 1.165) is 18.2 Å². The molecule has 8 heteroatoms. The molecule has 1 amide bonds. The molecule has 0 radical (unpaired) electrons. The summed E-state index contributed by atoms with van der Waals surface area (Å²) >= 11 is 4.06. The highest BCUT2D eigenvalue weighted by Crippen LogP contribution is 2.37. The van der Waals surface area contributed by atoms with Gasteiger partial charge in [0.25, 0.3) is 0 Å². The number of amides is 1. The van der Waals surface area contributed by atoms with Crippen LogP contribution in [0.5, 0.6) is 0 Å². The lowest BCUT2D eigenvalue weighted by Gasteiger charge is -2.36. The molecular weight excluding hydrogens is 284 g/mol. The average Bonchev–Trinajstić information content (AvgIpc) is 2.32. The fourth-order valence-electron chi connectivity index (χ4n) is 1.99. The number of hydrogen-bond acceptors (Lipinski definition) is 3. The first-order chi connectivity index (χ1) is 8.71. The number of hydrogen-bond donors (Lipinski definition) is 2. The third-order valence-corrected chi connectivity index (χ3v) is 3.40. The van der Waals surface area contributed by atoms with Crippen molar-refractivity contribution in [2.45, 2.75) is 17.5 Å². The molecule has 1 aromatic carbocycles. The van der Waals surface area contributed by atoms with E-state index >= 15 is 0 Å². The van der Waals surface area contributed by atoms with Gasteiger partial charge in [0.2, 0.25) is 0 Å². The number of thiol groups is 1. The van der Waals surface area contributed by atoms with E-state index < -0.39 is 29.2 Å². The van der Waals surface area contributed by atoms with Gasteiger partial charge in [-0.25, -0.2) is 4.39 Å². The minimum Gasteiger partial charge on any atom is -0.323 e. The molecule has 2 N–H and O–H groups in total. The maximum Gasteiger partial charge on any atom is 0.471 e. The maximum absolute atomic E-state index is 13.2. The summed E-state index contributed by atoms with van der Waals surface area (Å²) in [5.41, 5.74) is 5.88. The summed E-state index contributed by atoms with van der Waals surface area (Å²) in [5.74, 6) is -2.64. The van der Waals surface area contributed by atoms with Gasteiger partial charge in [-0.1, -0.05) is 0 Å². The first-order valence-corrected chi connectivity index (χ1v) is 5.85. The van der Waals surface area contributed by atoms with Crippen molar-refractivity contribution in [3.8, 4) is 0 Å². The molecule has 3 nitrogen and oxygen atoms in total. The summed E-state index contributed by atoms with van der Waals surface area (Å²) in [7, 11) is 0. The Morgan fingerprint density at radius 2 is 2.05 bits per heavy atom. The van der Waals surface area contributed by atoms with Gasteiger partial charge in [-0.05, 0) is 23.8 Å². The van der Waals surface area contributed by atoms with Crippen molar-refractivity contribution in [2.24, 2.45) is 5.73 Å². The number of benzene rings is 1. The molecule has 0 saturated carbocycles. The summed E-state index contributed by atoms with van der Waals surface area (Å²) < 4.78 is 50.7. The molecule has 0 fully saturated rings. The molecule has 19 heavy (non-hydrogen) atoms. The molecule has 2 rings (SSSR count). The highest BCUT2D eigenvalue weighted by molar-refractivity contribution is 7.81. The van der Waals surface area contributed by atoms with Crippen LogP contribution in [0.15, 0.2) is 18.2 Å². The second-order valence-corrected chi connectivity index (χ2v) is 4.87. The van der Waals surface area contributed by atoms with Gasteiger partial charge in [0.05, 0.1) is 0 Å². The van der Waals surface area contributed by atoms with Crippen molar-refractivity contribution in [1.29, 1.82) is 0 Å². The topological polar surface area (TPSA) is 46.3 Å². The Morgan fingerprint density at radius 1 is 1.42 bits per heavy atom. The van der Waals surface area contributed by atoms with Crippen molar-refractivity contribution in [2.75, 3.05) is 11.4 Å². The van der Waals surface area contributed by atoms with Crippen LogP contribution in [-0.4, -0.2) is 23.9 Å². The number of alkyl halides is 3. The minimum absolute atomic E-state index is 0.0264. The number of fused-ring (bicyclic) bond motifs is 1. The summed E-state index contributed by atoms with van der Waals surface area (Å²) in [6, 6.07) is 2.40. The Bertz CT molecular complexity index is 520. The van der Waals surface area contributed by atoms with E-state index in [0.29, 0.717) is 4.90 Å². The highest BCUT2D eigenvalue weighted by atomic mass is 32.1. The van der Waals surface area contributed by atoms with Crippen LogP contribution in [0, 0.1) is 5.82 Å². The van der Waals surface area contributed by atoms with Gasteiger partial charge in [-0.15, -0.1) is 0 Å². The van der Waals surface area contributed by atoms with Crippen LogP contribution in [-0.2, 0) is 4.79 Å². The van der Waals surface area contributed by atoms with Crippen LogP contribution >= 0.6 is 12.6 Å². The van der Waals surface area contributed by atoms with Gasteiger partial charge >= 0.3 is 12.1 Å². The van der Waals surface area contributed by atoms with E-state index in [9.17, 15) is 22.4 Å². The SMILES string of the molecule is NC1c2cc(F)ccc2N(C(=O)C(F)(F)F)CC1S. The Kier molecular flexibility index (Phi) is 3.48. The number of carbonyl (C=O) groups is 1. The monoisotopic (exact) mass is 294 g/mol. The number of nitrogens with zero attached hydrogens (tertiary/aromatic N) is 1. The summed E-state index contributed by atoms with van der Waals surface area (Å²) in [4.78, 5) is 11.9. The number of halogens is 4. The molecule has 2 unspecified atom stereocenters. The van der Waals surface area contributed by atoms with Crippen molar-refractivity contribution < 1.29 is 22.4 Å². The Labute approximate surface area is 111 Å². The van der Waals surface area contributed by atoms with Gasteiger partial charge in [-0.2, -0.15) is 25.8 Å². The Balaban J connectivity index is 2.50. The Hall–Kier alpha value is -1.28. The second-order valence-electron chi connectivity index (χ2n) is 4.21. The van der Waals surface area contributed by atoms with Crippen molar-refractivity contribution in [1.82, 2.24) is 0 Å². The zero-order valence-corrected chi connectivity index (χ0v) is 10.4. The molecule has 1 aliphatic heterocycles. The van der Waals surface area contributed by atoms with E-state index in [1.807, 2.05) is 0 Å². The lowest BCUT2D eigenvalue weighted by atomic mass is 9.96. The van der Waals surface area contributed by atoms with Crippen molar-refractivity contribution in [3.05, 3.63) is 29.6 Å². The second kappa shape index (κ2) is 4.68. The zero-order valence-electron chi connectivity index (χ0n) is 9.49. The molecular formula is C11H10F4N2OS. The molecule has 0 spiro atoms. The van der Waals surface area contributed by atoms with E-state index in [1.54, 1.807) is 0 Å². The molecule has 0 aromatic heterocycles. The first-order valence-electron chi connectivity index (χ1n) is 5.33. The Morgan fingerprint density at radius 3 is 2.63 bits per heavy atom. The quantitative estimate of drug-likeness (QED) is 0.568. The average molecular weight is 294 g/mol. The number of carbonyl (C=O) groups excluding carboxylic acids is 1. The highest BCUT2D eigenvalue weighted by Gasteiger charge is 2.46. The largest absolute Gasteiger partial charge is 0.471 e. The molecule has 1 aliphatic rings. The van der Waals surface area contributed by atoms with Crippen molar-refractivity contribution >= 4 is 24.2 Å². The predicted octanol–water partition coefficient (Wildman–Crippen LogP) is 2.03. The van der Waals surface area contributed by atoms with E-state index in [2.05, 4.69) is 12.6 Å². The van der Waals surface area contributed by atoms with Gasteiger partial charge in [0, 0.05) is 23.5 Å². The van der Waals surface area contributed by atoms with E-state index in [4.69, 9.17) is 5.73 Å². The third-order valence-electron chi connectivity index (χ3n) is 2.91. The van der Waals surface area contributed by atoms with E-state index in [-0.39, 0.29) is 17.8 Å². The summed E-state index contributed by atoms with van der Waals surface area (Å²) in [5, 5.41) is -0.694. The minimum atomic E-state index is -5.00. The third kappa shape index (κ3) is 2.55. The lowest BCUT2D eigenvalue weighted by Crippen LogP contribution is -2.49. The van der Waals surface area contributed by atoms with Gasteiger partial charge in [0.15, 0.2) is 0 Å². The fraction of sp³-hybridized carbons (Fsp3) is 0.364. The summed E-state index contributed by atoms with van der Waals surface area (Å²) in [6.45, 7) is -0.277. The van der Waals surface area contributed by atoms with Gasteiger partial charge < -0.3 is 10.6 Å². The first kappa shape index (κ1) is 14.1. The maximum atomic E-state index is 13.2. The number of nitrogens with two attached hydrogens (primary N) is 1. The van der Waals surface area contributed by atoms with Crippen LogP contribution in [0.25, 0.3) is 0 Å². The normalized spacial score (nSPS) is 23.2. The van der Waals surface area contributed by atoms with Crippen LogP contribution in [0.1, 0.15) is 11.6 Å². The van der Waals surface area contributed by atoms with Crippen LogP contribution in [0.3, 0.4) is 0 Å². The molecule has 1 heterocycles. The summed E-state index contributed by atoms with van der Waals surface area (Å²) in [6.07, 6.45) is -5.00.